The van der Waals surface area contributed by atoms with Crippen LogP contribution in [0.3, 0.4) is 0 Å². The first kappa shape index (κ1) is 24.5. The molecule has 2 aliphatic heterocycles. The van der Waals surface area contributed by atoms with Crippen LogP contribution in [-0.2, 0) is 11.8 Å². The Bertz CT molecular complexity index is 1430. The van der Waals surface area contributed by atoms with Gasteiger partial charge in [0.15, 0.2) is 0 Å². The first-order valence-electron chi connectivity index (χ1n) is 11.4. The van der Waals surface area contributed by atoms with Gasteiger partial charge in [0, 0.05) is 28.8 Å². The van der Waals surface area contributed by atoms with Gasteiger partial charge in [-0.3, -0.25) is 0 Å². The predicted molar refractivity (Wildman–Crippen MR) is 161 cm³/mol. The second-order valence-corrected chi connectivity index (χ2v) is 16.2. The summed E-state index contributed by atoms with van der Waals surface area (Å²) in [5, 5.41) is 3.89. The van der Waals surface area contributed by atoms with Gasteiger partial charge < -0.3 is 4.90 Å². The van der Waals surface area contributed by atoms with Crippen LogP contribution in [0.25, 0.3) is 6.08 Å². The minimum Gasteiger partial charge on any atom is -0.341 e. The van der Waals surface area contributed by atoms with Crippen molar-refractivity contribution in [2.45, 2.75) is 6.92 Å². The van der Waals surface area contributed by atoms with Gasteiger partial charge in [-0.25, -0.2) is 4.39 Å². The zero-order valence-corrected chi connectivity index (χ0v) is 23.5. The highest BCUT2D eigenvalue weighted by Crippen LogP contribution is 2.70. The average Bonchev–Trinajstić information content (AvgIpc) is 3.18. The maximum absolute atomic E-state index is 14.0. The fraction of sp³-hybridized carbons (Fsp3) is 0.0690. The van der Waals surface area contributed by atoms with Crippen molar-refractivity contribution in [2.24, 2.45) is 0 Å². The summed E-state index contributed by atoms with van der Waals surface area (Å²) in [4.78, 5) is 2.41. The number of halogens is 2. The molecule has 0 aliphatic carbocycles. The number of fused-ring (bicyclic) bond motifs is 1. The highest BCUT2D eigenvalue weighted by Gasteiger charge is 2.38. The Kier molecular flexibility index (Phi) is 7.28. The van der Waals surface area contributed by atoms with E-state index in [2.05, 4.69) is 119 Å². The van der Waals surface area contributed by atoms with Crippen LogP contribution in [0.1, 0.15) is 12.5 Å². The molecule has 0 fully saturated rings. The average molecular weight is 580 g/mol. The van der Waals surface area contributed by atoms with E-state index < -0.39 is 13.6 Å². The summed E-state index contributed by atoms with van der Waals surface area (Å²) in [6.07, 6.45) is 10.6. The normalized spacial score (nSPS) is 17.5. The predicted octanol–water partition coefficient (Wildman–Crippen LogP) is 7.66. The summed E-state index contributed by atoms with van der Waals surface area (Å²) in [6, 6.07) is 24.3. The largest absolute Gasteiger partial charge is 0.341 e. The van der Waals surface area contributed by atoms with Gasteiger partial charge in [-0.1, -0.05) is 109 Å². The van der Waals surface area contributed by atoms with E-state index in [1.165, 1.54) is 26.8 Å². The minimum atomic E-state index is -2.23. The van der Waals surface area contributed by atoms with E-state index in [1.807, 2.05) is 12.1 Å². The quantitative estimate of drug-likeness (QED) is 0.276. The number of rotatable bonds is 6. The molecule has 0 amide bonds. The third kappa shape index (κ3) is 4.66. The standard InChI is InChI=1S/C29H25BrFNP2S/c1-22-29(34(35,24-12-4-2-5-13-24)25-14-6-3-7-15-25)33-20-9-8-16-28(33)32(22)19-10-11-23-17-18-26(30)27(31)21-23/h2-18,20-21,33H,19H2,1H3/b11-10+. The highest BCUT2D eigenvalue weighted by molar-refractivity contribution is 9.10. The Balaban J connectivity index is 1.60. The van der Waals surface area contributed by atoms with Gasteiger partial charge in [0.1, 0.15) is 5.82 Å². The molecule has 1 unspecified atom stereocenters. The van der Waals surface area contributed by atoms with Gasteiger partial charge in [-0.15, -0.1) is 0 Å². The van der Waals surface area contributed by atoms with Crippen molar-refractivity contribution in [2.75, 3.05) is 6.54 Å². The van der Waals surface area contributed by atoms with E-state index >= 15 is 0 Å². The zero-order valence-electron chi connectivity index (χ0n) is 19.2. The second-order valence-electron chi connectivity index (χ2n) is 8.42. The van der Waals surface area contributed by atoms with E-state index in [-0.39, 0.29) is 5.82 Å². The number of hydrogen-bond donors (Lipinski definition) is 0. The van der Waals surface area contributed by atoms with Crippen molar-refractivity contribution in [1.82, 2.24) is 4.90 Å². The summed E-state index contributed by atoms with van der Waals surface area (Å²) in [5.74, 6) is 2.12. The maximum atomic E-state index is 14.0. The molecule has 1 nitrogen and oxygen atoms in total. The molecule has 1 atom stereocenters. The molecule has 0 aromatic heterocycles. The lowest BCUT2D eigenvalue weighted by atomic mass is 10.2. The van der Waals surface area contributed by atoms with Crippen molar-refractivity contribution in [1.29, 1.82) is 0 Å². The van der Waals surface area contributed by atoms with E-state index in [0.717, 1.165) is 5.56 Å². The lowest BCUT2D eigenvalue weighted by molar-refractivity contribution is 0.513. The lowest BCUT2D eigenvalue weighted by Crippen LogP contribution is -2.18. The van der Waals surface area contributed by atoms with Crippen LogP contribution in [0, 0.1) is 5.82 Å². The summed E-state index contributed by atoms with van der Waals surface area (Å²) in [7, 11) is -1.15. The molecule has 6 heteroatoms. The minimum absolute atomic E-state index is 0.252. The topological polar surface area (TPSA) is 3.24 Å². The summed E-state index contributed by atoms with van der Waals surface area (Å²) < 4.78 is 14.5. The summed E-state index contributed by atoms with van der Waals surface area (Å²) >= 11 is 9.95. The third-order valence-electron chi connectivity index (χ3n) is 6.29. The van der Waals surface area contributed by atoms with Crippen molar-refractivity contribution < 1.29 is 4.39 Å². The van der Waals surface area contributed by atoms with Crippen LogP contribution in [0.5, 0.6) is 0 Å². The van der Waals surface area contributed by atoms with E-state index in [4.69, 9.17) is 11.8 Å². The molecule has 2 aliphatic rings. The van der Waals surface area contributed by atoms with E-state index in [1.54, 1.807) is 12.1 Å². The first-order chi connectivity index (χ1) is 17.0. The Hall–Kier alpha value is -2.22. The van der Waals surface area contributed by atoms with Crippen molar-refractivity contribution >= 4 is 63.8 Å². The van der Waals surface area contributed by atoms with Crippen molar-refractivity contribution in [3.8, 4) is 0 Å². The Labute approximate surface area is 220 Å². The SMILES string of the molecule is CC1=C(P(=S)(c2ccccc2)c2ccccc2)[PH]2=CC=CC=C2N1C/C=C/c1ccc(Br)c(F)c1. The van der Waals surface area contributed by atoms with Gasteiger partial charge in [0.05, 0.1) is 4.47 Å². The lowest BCUT2D eigenvalue weighted by Gasteiger charge is -2.27. The molecule has 0 bridgehead atoms. The third-order valence-corrected chi connectivity index (χ3v) is 16.4. The van der Waals surface area contributed by atoms with Gasteiger partial charge >= 0.3 is 0 Å². The van der Waals surface area contributed by atoms with Crippen LogP contribution in [-0.4, -0.2) is 17.2 Å². The number of hydrogen-bond acceptors (Lipinski definition) is 2. The fourth-order valence-corrected chi connectivity index (χ4v) is 14.4. The second kappa shape index (κ2) is 10.4. The molecule has 0 saturated carbocycles. The highest BCUT2D eigenvalue weighted by atomic mass is 79.9. The van der Waals surface area contributed by atoms with Gasteiger partial charge in [-0.05, 0) is 64.8 Å². The number of benzene rings is 3. The molecule has 0 spiro atoms. The number of allylic oxidation sites excluding steroid dienone is 4. The van der Waals surface area contributed by atoms with Crippen molar-refractivity contribution in [3.05, 3.63) is 135 Å². The van der Waals surface area contributed by atoms with Gasteiger partial charge in [0.25, 0.3) is 0 Å². The van der Waals surface area contributed by atoms with Gasteiger partial charge in [0.2, 0.25) is 0 Å². The molecule has 2 heterocycles. The molecule has 3 aromatic carbocycles. The molecule has 3 aromatic rings. The monoisotopic (exact) mass is 579 g/mol. The van der Waals surface area contributed by atoms with Crippen LogP contribution >= 0.6 is 29.5 Å². The zero-order chi connectivity index (χ0) is 24.4. The van der Waals surface area contributed by atoms with Crippen LogP contribution in [0.15, 0.2) is 124 Å². The molecule has 0 N–H and O–H groups in total. The van der Waals surface area contributed by atoms with Gasteiger partial charge in [-0.2, -0.15) is 0 Å². The summed E-state index contributed by atoms with van der Waals surface area (Å²) in [6.45, 7) is 2.94. The Morgan fingerprint density at radius 2 is 1.63 bits per heavy atom. The Morgan fingerprint density at radius 1 is 0.971 bits per heavy atom. The molecule has 35 heavy (non-hydrogen) atoms. The molecular weight excluding hydrogens is 555 g/mol. The van der Waals surface area contributed by atoms with Crippen molar-refractivity contribution in [3.63, 3.8) is 0 Å². The molecule has 5 rings (SSSR count). The first-order valence-corrected chi connectivity index (χ1v) is 16.6. The number of nitrogens with zero attached hydrogens (tertiary/aromatic N) is 1. The van der Waals surface area contributed by atoms with Crippen LogP contribution < -0.4 is 10.6 Å². The molecule has 176 valence electrons. The van der Waals surface area contributed by atoms with E-state index in [0.29, 0.717) is 11.0 Å². The molecular formula is C29H25BrFNP2S. The van der Waals surface area contributed by atoms with Crippen LogP contribution in [0.2, 0.25) is 0 Å². The Morgan fingerprint density at radius 3 is 2.26 bits per heavy atom. The fourth-order valence-electron chi connectivity index (χ4n) is 4.64. The van der Waals surface area contributed by atoms with E-state index in [9.17, 15) is 4.39 Å². The summed E-state index contributed by atoms with van der Waals surface area (Å²) in [5.41, 5.74) is 3.45. The molecule has 0 saturated heterocycles. The maximum Gasteiger partial charge on any atom is 0.137 e. The molecule has 0 radical (unpaired) electrons. The smallest absolute Gasteiger partial charge is 0.137 e. The van der Waals surface area contributed by atoms with Crippen LogP contribution in [0.4, 0.5) is 4.39 Å².